The Morgan fingerprint density at radius 2 is 2.25 bits per heavy atom. The van der Waals surface area contributed by atoms with E-state index in [0.717, 1.165) is 4.47 Å². The van der Waals surface area contributed by atoms with E-state index in [4.69, 9.17) is 12.2 Å². The fraction of sp³-hybridized carbons (Fsp3) is 0.308. The van der Waals surface area contributed by atoms with Crippen molar-refractivity contribution in [2.45, 2.75) is 0 Å². The van der Waals surface area contributed by atoms with Gasteiger partial charge in [-0.1, -0.05) is 28.1 Å². The molecule has 106 valence electrons. The van der Waals surface area contributed by atoms with Crippen LogP contribution in [0.4, 0.5) is 8.78 Å². The molecule has 1 aromatic rings. The van der Waals surface area contributed by atoms with Gasteiger partial charge < -0.3 is 5.32 Å². The first-order valence-electron chi connectivity index (χ1n) is 6.19. The Morgan fingerprint density at radius 3 is 3.00 bits per heavy atom. The lowest BCUT2D eigenvalue weighted by molar-refractivity contribution is 0.300. The van der Waals surface area contributed by atoms with E-state index in [2.05, 4.69) is 26.7 Å². The first-order valence-corrected chi connectivity index (χ1v) is 7.39. The van der Waals surface area contributed by atoms with E-state index in [0.29, 0.717) is 35.0 Å². The Hall–Kier alpha value is -1.21. The summed E-state index contributed by atoms with van der Waals surface area (Å²) in [6, 6.07) is 4.71. The lowest BCUT2D eigenvalue weighted by atomic mass is 10.0. The topological polar surface area (TPSA) is 27.3 Å². The van der Waals surface area contributed by atoms with Crippen LogP contribution in [-0.2, 0) is 0 Å². The summed E-state index contributed by atoms with van der Waals surface area (Å²) in [4.78, 5) is 0.444. The molecule has 1 fully saturated rings. The molecule has 0 amide bonds. The average Bonchev–Trinajstić information content (AvgIpc) is 2.76. The molecular formula is C13H12BrF2N3S. The molecule has 3 rings (SSSR count). The van der Waals surface area contributed by atoms with E-state index in [9.17, 15) is 8.78 Å². The molecule has 0 aliphatic carbocycles. The van der Waals surface area contributed by atoms with Crippen LogP contribution in [0.25, 0.3) is 5.70 Å². The van der Waals surface area contributed by atoms with E-state index >= 15 is 0 Å². The minimum Gasteiger partial charge on any atom is -0.381 e. The van der Waals surface area contributed by atoms with Crippen molar-refractivity contribution in [1.29, 1.82) is 0 Å². The number of benzene rings is 1. The molecule has 2 aliphatic heterocycles. The summed E-state index contributed by atoms with van der Waals surface area (Å²) < 4.78 is 28.1. The number of thiocarbonyl (C=S) groups is 1. The summed E-state index contributed by atoms with van der Waals surface area (Å²) in [5.74, 6) is -0.869. The highest BCUT2D eigenvalue weighted by Crippen LogP contribution is 2.33. The molecule has 2 N–H and O–H groups in total. The van der Waals surface area contributed by atoms with Gasteiger partial charge in [-0.05, 0) is 18.2 Å². The fourth-order valence-corrected chi connectivity index (χ4v) is 3.16. The number of fused-ring (bicyclic) bond motifs is 1. The average molecular weight is 360 g/mol. The molecule has 7 heteroatoms. The number of hydrogen-bond acceptors (Lipinski definition) is 3. The minimum absolute atomic E-state index is 0.347. The maximum absolute atomic E-state index is 14.1. The molecule has 0 unspecified atom stereocenters. The van der Waals surface area contributed by atoms with Gasteiger partial charge in [-0.15, -0.1) is 0 Å². The van der Waals surface area contributed by atoms with Gasteiger partial charge in [0.15, 0.2) is 0 Å². The highest BCUT2D eigenvalue weighted by atomic mass is 79.9. The van der Waals surface area contributed by atoms with Gasteiger partial charge in [0.2, 0.25) is 0 Å². The van der Waals surface area contributed by atoms with Crippen LogP contribution < -0.4 is 10.7 Å². The molecule has 2 aliphatic rings. The van der Waals surface area contributed by atoms with Crippen LogP contribution in [0.3, 0.4) is 0 Å². The molecule has 20 heavy (non-hydrogen) atoms. The zero-order valence-corrected chi connectivity index (χ0v) is 12.8. The Bertz CT molecular complexity index is 605. The third-order valence-electron chi connectivity index (χ3n) is 3.43. The summed E-state index contributed by atoms with van der Waals surface area (Å²) in [6.07, 6.45) is 0. The second-order valence-corrected chi connectivity index (χ2v) is 6.00. The third-order valence-corrected chi connectivity index (χ3v) is 4.30. The lowest BCUT2D eigenvalue weighted by Crippen LogP contribution is -2.41. The lowest BCUT2D eigenvalue weighted by Gasteiger charge is -2.30. The first-order chi connectivity index (χ1) is 9.61. The standard InChI is InChI=1S/C13H12BrF2N3S/c14-7-1-2-10(16)8(5-7)11-12-9(6-15)13(20)18-19(12)4-3-17-11/h1-2,5,9,17H,3-4,6H2,(H,18,20)/t9-/m0/s1. The summed E-state index contributed by atoms with van der Waals surface area (Å²) in [5.41, 5.74) is 4.69. The van der Waals surface area contributed by atoms with Gasteiger partial charge in [-0.25, -0.2) is 8.78 Å². The van der Waals surface area contributed by atoms with Crippen molar-refractivity contribution in [3.8, 4) is 0 Å². The molecule has 0 aromatic heterocycles. The predicted octanol–water partition coefficient (Wildman–Crippen LogP) is 2.59. The van der Waals surface area contributed by atoms with Crippen molar-refractivity contribution >= 4 is 38.8 Å². The molecule has 0 bridgehead atoms. The normalized spacial score (nSPS) is 21.6. The number of alkyl halides is 1. The van der Waals surface area contributed by atoms with E-state index < -0.39 is 12.6 Å². The van der Waals surface area contributed by atoms with Crippen LogP contribution in [0.2, 0.25) is 0 Å². The van der Waals surface area contributed by atoms with Gasteiger partial charge in [0.25, 0.3) is 0 Å². The van der Waals surface area contributed by atoms with E-state index in [1.165, 1.54) is 6.07 Å². The minimum atomic E-state index is -0.599. The monoisotopic (exact) mass is 359 g/mol. The smallest absolute Gasteiger partial charge is 0.132 e. The number of nitrogens with zero attached hydrogens (tertiary/aromatic N) is 1. The Morgan fingerprint density at radius 1 is 1.45 bits per heavy atom. The Labute approximate surface area is 129 Å². The molecule has 0 saturated carbocycles. The summed E-state index contributed by atoms with van der Waals surface area (Å²) >= 11 is 8.49. The van der Waals surface area contributed by atoms with Crippen LogP contribution in [0.15, 0.2) is 28.4 Å². The van der Waals surface area contributed by atoms with E-state index in [1.807, 2.05) is 0 Å². The van der Waals surface area contributed by atoms with Crippen LogP contribution in [-0.4, -0.2) is 29.8 Å². The molecule has 0 radical (unpaired) electrons. The summed E-state index contributed by atoms with van der Waals surface area (Å²) in [7, 11) is 0. The number of hydrazine groups is 1. The fourth-order valence-electron chi connectivity index (χ4n) is 2.52. The second kappa shape index (κ2) is 5.29. The second-order valence-electron chi connectivity index (χ2n) is 4.65. The van der Waals surface area contributed by atoms with Crippen LogP contribution >= 0.6 is 28.1 Å². The highest BCUT2D eigenvalue weighted by molar-refractivity contribution is 9.10. The van der Waals surface area contributed by atoms with Gasteiger partial charge in [0, 0.05) is 16.6 Å². The van der Waals surface area contributed by atoms with Crippen molar-refractivity contribution < 1.29 is 8.78 Å². The number of nitrogens with one attached hydrogen (secondary N) is 2. The molecule has 1 atom stereocenters. The number of rotatable bonds is 2. The highest BCUT2D eigenvalue weighted by Gasteiger charge is 2.37. The van der Waals surface area contributed by atoms with Gasteiger partial charge in [0.05, 0.1) is 23.9 Å². The van der Waals surface area contributed by atoms with Gasteiger partial charge in [-0.2, -0.15) is 0 Å². The maximum Gasteiger partial charge on any atom is 0.132 e. The summed E-state index contributed by atoms with van der Waals surface area (Å²) in [6.45, 7) is 0.697. The molecule has 2 heterocycles. The van der Waals surface area contributed by atoms with Crippen LogP contribution in [0.1, 0.15) is 5.56 Å². The van der Waals surface area contributed by atoms with E-state index in [-0.39, 0.29) is 5.82 Å². The van der Waals surface area contributed by atoms with E-state index in [1.54, 1.807) is 17.1 Å². The molecule has 1 aromatic carbocycles. The van der Waals surface area contributed by atoms with Gasteiger partial charge in [-0.3, -0.25) is 10.4 Å². The molecule has 1 saturated heterocycles. The Balaban J connectivity index is 2.16. The largest absolute Gasteiger partial charge is 0.381 e. The first kappa shape index (κ1) is 13.8. The molecule has 3 nitrogen and oxygen atoms in total. The Kier molecular flexibility index (Phi) is 3.64. The number of halogens is 3. The van der Waals surface area contributed by atoms with Crippen molar-refractivity contribution in [3.05, 3.63) is 39.7 Å². The summed E-state index contributed by atoms with van der Waals surface area (Å²) in [5, 5.41) is 4.97. The zero-order chi connectivity index (χ0) is 14.3. The van der Waals surface area contributed by atoms with Crippen molar-refractivity contribution in [1.82, 2.24) is 15.8 Å². The predicted molar refractivity (Wildman–Crippen MR) is 80.9 cm³/mol. The van der Waals surface area contributed by atoms with Crippen molar-refractivity contribution in [2.24, 2.45) is 5.92 Å². The van der Waals surface area contributed by atoms with Gasteiger partial charge in [0.1, 0.15) is 17.5 Å². The maximum atomic E-state index is 14.1. The van der Waals surface area contributed by atoms with Crippen LogP contribution in [0.5, 0.6) is 0 Å². The molecule has 0 spiro atoms. The number of hydrogen-bond donors (Lipinski definition) is 2. The SMILES string of the molecule is FC[C@@H]1C(=S)NN2CCNC(c3cc(Br)ccc3F)=C12. The van der Waals surface area contributed by atoms with Gasteiger partial charge >= 0.3 is 0 Å². The van der Waals surface area contributed by atoms with Crippen molar-refractivity contribution in [2.75, 3.05) is 19.8 Å². The third kappa shape index (κ3) is 2.18. The van der Waals surface area contributed by atoms with Crippen LogP contribution in [0, 0.1) is 11.7 Å². The molecular weight excluding hydrogens is 348 g/mol. The quantitative estimate of drug-likeness (QED) is 0.793. The zero-order valence-electron chi connectivity index (χ0n) is 10.4. The van der Waals surface area contributed by atoms with Crippen molar-refractivity contribution in [3.63, 3.8) is 0 Å².